The predicted octanol–water partition coefficient (Wildman–Crippen LogP) is 1.25. The molecule has 1 N–H and O–H groups in total. The quantitative estimate of drug-likeness (QED) is 0.754. The summed E-state index contributed by atoms with van der Waals surface area (Å²) in [5, 5.41) is 18.0. The summed E-state index contributed by atoms with van der Waals surface area (Å²) >= 11 is 1.77. The van der Waals surface area contributed by atoms with Crippen LogP contribution in [0, 0.1) is 0 Å². The minimum Gasteiger partial charge on any atom is -0.315 e. The van der Waals surface area contributed by atoms with Crippen LogP contribution in [0.25, 0.3) is 0 Å². The summed E-state index contributed by atoms with van der Waals surface area (Å²) in [5.74, 6) is 0.949. The van der Waals surface area contributed by atoms with Gasteiger partial charge in [0.15, 0.2) is 5.82 Å². The van der Waals surface area contributed by atoms with E-state index in [0.29, 0.717) is 5.25 Å². The molecule has 3 rings (SSSR count). The molecular formula is C11H17N5S. The minimum atomic E-state index is -0.0182. The second kappa shape index (κ2) is 3.81. The van der Waals surface area contributed by atoms with Crippen molar-refractivity contribution in [3.63, 3.8) is 0 Å². The van der Waals surface area contributed by atoms with Gasteiger partial charge in [-0.3, -0.25) is 0 Å². The summed E-state index contributed by atoms with van der Waals surface area (Å²) in [6, 6.07) is 0. The largest absolute Gasteiger partial charge is 0.315 e. The molecule has 1 atom stereocenters. The third-order valence-corrected chi connectivity index (χ3v) is 4.21. The van der Waals surface area contributed by atoms with Crippen LogP contribution in [0.15, 0.2) is 10.3 Å². The standard InChI is InChI=1S/C11H17N5S/c1-11(2,3)9-13-14-10-16(9)15-7-4-5-12-6-8(7)17-10/h8,12H,4-6H2,1-3H3. The summed E-state index contributed by atoms with van der Waals surface area (Å²) in [7, 11) is 0. The highest BCUT2D eigenvalue weighted by atomic mass is 32.2. The van der Waals surface area contributed by atoms with E-state index in [1.54, 1.807) is 11.8 Å². The van der Waals surface area contributed by atoms with Crippen molar-refractivity contribution in [2.75, 3.05) is 13.1 Å². The molecule has 1 fully saturated rings. The Morgan fingerprint density at radius 2 is 2.18 bits per heavy atom. The van der Waals surface area contributed by atoms with Crippen LogP contribution in [-0.2, 0) is 5.41 Å². The first-order valence-corrected chi connectivity index (χ1v) is 6.85. The van der Waals surface area contributed by atoms with Gasteiger partial charge in [0.05, 0.1) is 11.0 Å². The molecule has 0 saturated carbocycles. The maximum atomic E-state index is 4.74. The van der Waals surface area contributed by atoms with Gasteiger partial charge in [-0.25, -0.2) is 0 Å². The van der Waals surface area contributed by atoms with Gasteiger partial charge < -0.3 is 5.32 Å². The average Bonchev–Trinajstić information content (AvgIpc) is 2.68. The number of fused-ring (bicyclic) bond motifs is 2. The molecule has 2 aliphatic rings. The molecule has 3 heterocycles. The number of rotatable bonds is 0. The van der Waals surface area contributed by atoms with Gasteiger partial charge in [-0.05, 0) is 0 Å². The third-order valence-electron chi connectivity index (χ3n) is 3.02. The van der Waals surface area contributed by atoms with Crippen LogP contribution in [0.1, 0.15) is 33.0 Å². The number of nitrogens with one attached hydrogen (secondary N) is 1. The number of hydrogen-bond acceptors (Lipinski definition) is 5. The fourth-order valence-electron chi connectivity index (χ4n) is 2.10. The van der Waals surface area contributed by atoms with Crippen molar-refractivity contribution < 1.29 is 0 Å². The summed E-state index contributed by atoms with van der Waals surface area (Å²) < 4.78 is 1.93. The fraction of sp³-hybridized carbons (Fsp3) is 0.727. The van der Waals surface area contributed by atoms with Gasteiger partial charge in [0.1, 0.15) is 0 Å². The van der Waals surface area contributed by atoms with Crippen LogP contribution >= 0.6 is 11.8 Å². The lowest BCUT2D eigenvalue weighted by atomic mass is 9.96. The first-order chi connectivity index (χ1) is 8.05. The molecule has 0 aromatic carbocycles. The summed E-state index contributed by atoms with van der Waals surface area (Å²) in [4.78, 5) is 0. The zero-order chi connectivity index (χ0) is 12.0. The zero-order valence-electron chi connectivity index (χ0n) is 10.4. The Labute approximate surface area is 105 Å². The topological polar surface area (TPSA) is 55.1 Å². The van der Waals surface area contributed by atoms with E-state index in [2.05, 4.69) is 36.3 Å². The zero-order valence-corrected chi connectivity index (χ0v) is 11.2. The van der Waals surface area contributed by atoms with Crippen LogP contribution in [0.2, 0.25) is 0 Å². The Kier molecular flexibility index (Phi) is 2.52. The number of piperidine rings is 1. The van der Waals surface area contributed by atoms with E-state index in [1.807, 2.05) is 4.68 Å². The normalized spacial score (nSPS) is 23.9. The van der Waals surface area contributed by atoms with E-state index >= 15 is 0 Å². The smallest absolute Gasteiger partial charge is 0.212 e. The molecule has 1 aromatic heterocycles. The van der Waals surface area contributed by atoms with Crippen LogP contribution in [0.4, 0.5) is 0 Å². The van der Waals surface area contributed by atoms with E-state index in [0.717, 1.165) is 30.5 Å². The van der Waals surface area contributed by atoms with Gasteiger partial charge in [0.2, 0.25) is 5.16 Å². The summed E-state index contributed by atoms with van der Waals surface area (Å²) in [6.07, 6.45) is 1.03. The molecule has 6 heteroatoms. The Morgan fingerprint density at radius 1 is 1.35 bits per heavy atom. The SMILES string of the molecule is CC(C)(C)c1nnc2n1N=C1CCNCC1S2. The van der Waals surface area contributed by atoms with Gasteiger partial charge >= 0.3 is 0 Å². The van der Waals surface area contributed by atoms with Crippen molar-refractivity contribution in [1.82, 2.24) is 20.2 Å². The van der Waals surface area contributed by atoms with Crippen molar-refractivity contribution in [1.29, 1.82) is 0 Å². The molecule has 1 saturated heterocycles. The first kappa shape index (κ1) is 11.2. The van der Waals surface area contributed by atoms with Crippen molar-refractivity contribution in [3.05, 3.63) is 5.82 Å². The molecular weight excluding hydrogens is 234 g/mol. The minimum absolute atomic E-state index is 0.0182. The Morgan fingerprint density at radius 3 is 2.94 bits per heavy atom. The monoisotopic (exact) mass is 251 g/mol. The number of nitrogens with zero attached hydrogens (tertiary/aromatic N) is 4. The van der Waals surface area contributed by atoms with E-state index < -0.39 is 0 Å². The number of thioether (sulfide) groups is 1. The third kappa shape index (κ3) is 1.89. The predicted molar refractivity (Wildman–Crippen MR) is 68.7 cm³/mol. The molecule has 0 amide bonds. The maximum absolute atomic E-state index is 4.74. The Balaban J connectivity index is 2.04. The molecule has 17 heavy (non-hydrogen) atoms. The highest BCUT2D eigenvalue weighted by Gasteiger charge is 2.32. The van der Waals surface area contributed by atoms with E-state index in [9.17, 15) is 0 Å². The Hall–Kier alpha value is -0.880. The highest BCUT2D eigenvalue weighted by Crippen LogP contribution is 2.32. The van der Waals surface area contributed by atoms with Crippen molar-refractivity contribution >= 4 is 17.5 Å². The van der Waals surface area contributed by atoms with Crippen LogP contribution in [0.3, 0.4) is 0 Å². The molecule has 0 aliphatic carbocycles. The number of hydrogen-bond donors (Lipinski definition) is 1. The van der Waals surface area contributed by atoms with Gasteiger partial charge in [-0.15, -0.1) is 10.2 Å². The van der Waals surface area contributed by atoms with Crippen molar-refractivity contribution in [2.24, 2.45) is 5.10 Å². The molecule has 5 nitrogen and oxygen atoms in total. The lowest BCUT2D eigenvalue weighted by Crippen LogP contribution is -2.41. The lowest BCUT2D eigenvalue weighted by Gasteiger charge is -2.28. The van der Waals surface area contributed by atoms with Gasteiger partial charge in [-0.1, -0.05) is 32.5 Å². The van der Waals surface area contributed by atoms with E-state index in [1.165, 1.54) is 5.71 Å². The van der Waals surface area contributed by atoms with Crippen molar-refractivity contribution in [3.8, 4) is 0 Å². The summed E-state index contributed by atoms with van der Waals surface area (Å²) in [6.45, 7) is 8.44. The fourth-order valence-corrected chi connectivity index (χ4v) is 3.18. The maximum Gasteiger partial charge on any atom is 0.212 e. The molecule has 0 spiro atoms. The van der Waals surface area contributed by atoms with Crippen LogP contribution in [-0.4, -0.2) is 38.9 Å². The van der Waals surface area contributed by atoms with Gasteiger partial charge in [0, 0.05) is 24.9 Å². The molecule has 0 bridgehead atoms. The van der Waals surface area contributed by atoms with Gasteiger partial charge in [0.25, 0.3) is 0 Å². The second-order valence-corrected chi connectivity index (χ2v) is 6.69. The van der Waals surface area contributed by atoms with Crippen molar-refractivity contribution in [2.45, 2.75) is 43.0 Å². The molecule has 1 aromatic rings. The average molecular weight is 251 g/mol. The summed E-state index contributed by atoms with van der Waals surface area (Å²) in [5.41, 5.74) is 1.25. The lowest BCUT2D eigenvalue weighted by molar-refractivity contribution is 0.505. The van der Waals surface area contributed by atoms with E-state index in [-0.39, 0.29) is 5.41 Å². The van der Waals surface area contributed by atoms with Gasteiger partial charge in [-0.2, -0.15) is 9.78 Å². The van der Waals surface area contributed by atoms with Crippen LogP contribution < -0.4 is 5.32 Å². The second-order valence-electron chi connectivity index (χ2n) is 5.52. The molecule has 1 unspecified atom stereocenters. The molecule has 2 aliphatic heterocycles. The first-order valence-electron chi connectivity index (χ1n) is 5.97. The number of aromatic nitrogens is 3. The highest BCUT2D eigenvalue weighted by molar-refractivity contribution is 8.00. The Bertz CT molecular complexity index is 471. The molecule has 0 radical (unpaired) electrons. The van der Waals surface area contributed by atoms with Crippen LogP contribution in [0.5, 0.6) is 0 Å². The van der Waals surface area contributed by atoms with E-state index in [4.69, 9.17) is 5.10 Å². The molecule has 92 valence electrons.